The first-order chi connectivity index (χ1) is 16.7. The predicted molar refractivity (Wildman–Crippen MR) is 137 cm³/mol. The Labute approximate surface area is 204 Å². The molecule has 7 nitrogen and oxygen atoms in total. The molecule has 180 valence electrons. The summed E-state index contributed by atoms with van der Waals surface area (Å²) in [7, 11) is 0. The van der Waals surface area contributed by atoms with Crippen LogP contribution in [0.25, 0.3) is 11.7 Å². The van der Waals surface area contributed by atoms with Gasteiger partial charge in [-0.2, -0.15) is 0 Å². The Hall–Kier alpha value is -4.00. The van der Waals surface area contributed by atoms with Gasteiger partial charge in [-0.15, -0.1) is 0 Å². The molecule has 2 aromatic heterocycles. The number of ketones is 1. The molecule has 0 amide bonds. The van der Waals surface area contributed by atoms with Crippen molar-refractivity contribution in [1.82, 2.24) is 9.38 Å². The van der Waals surface area contributed by atoms with E-state index in [9.17, 15) is 14.4 Å². The summed E-state index contributed by atoms with van der Waals surface area (Å²) >= 11 is 0. The number of ether oxygens (including phenoxy) is 1. The van der Waals surface area contributed by atoms with E-state index in [4.69, 9.17) is 9.72 Å². The number of carbonyl (C=O) groups excluding carboxylic acids is 2. The summed E-state index contributed by atoms with van der Waals surface area (Å²) in [5.74, 6) is -0.397. The van der Waals surface area contributed by atoms with Crippen molar-refractivity contribution in [1.29, 1.82) is 0 Å². The van der Waals surface area contributed by atoms with Crippen LogP contribution in [0.2, 0.25) is 0 Å². The number of benzene rings is 1. The maximum atomic E-state index is 13.4. The summed E-state index contributed by atoms with van der Waals surface area (Å²) in [5.41, 5.74) is 4.42. The molecule has 7 heteroatoms. The van der Waals surface area contributed by atoms with Crippen LogP contribution < -0.4 is 10.5 Å². The average Bonchev–Trinajstić information content (AvgIpc) is 2.81. The second-order valence-corrected chi connectivity index (χ2v) is 8.74. The Morgan fingerprint density at radius 2 is 1.80 bits per heavy atom. The smallest absolute Gasteiger partial charge is 0.340 e. The van der Waals surface area contributed by atoms with Gasteiger partial charge >= 0.3 is 5.97 Å². The molecule has 0 spiro atoms. The van der Waals surface area contributed by atoms with Gasteiger partial charge in [-0.1, -0.05) is 30.2 Å². The van der Waals surface area contributed by atoms with Crippen molar-refractivity contribution >= 4 is 29.3 Å². The molecule has 3 aromatic rings. The second kappa shape index (κ2) is 9.70. The van der Waals surface area contributed by atoms with Crippen LogP contribution in [-0.2, 0) is 9.53 Å². The Balaban J connectivity index is 1.99. The van der Waals surface area contributed by atoms with E-state index in [2.05, 4.69) is 0 Å². The Morgan fingerprint density at radius 1 is 1.09 bits per heavy atom. The van der Waals surface area contributed by atoms with Crippen LogP contribution in [0.4, 0.5) is 5.82 Å². The topological polar surface area (TPSA) is 81.0 Å². The molecule has 4 rings (SSSR count). The van der Waals surface area contributed by atoms with Crippen molar-refractivity contribution in [2.45, 2.75) is 41.0 Å². The molecule has 0 unspecified atom stereocenters. The summed E-state index contributed by atoms with van der Waals surface area (Å²) < 4.78 is 6.79. The highest BCUT2D eigenvalue weighted by molar-refractivity contribution is 6.10. The standard InChI is InChI=1S/C28H29N3O4/c1-6-10-30-23(16-24(32)20-13-17(3)12-18(4)14-20)21(28(34)35-7-2)15-22-26(30)29-25-19(5)9-8-11-31(25)27(22)33/h8-9,11-16H,6-7,10H2,1-5H3/b23-16+. The molecule has 0 aliphatic carbocycles. The van der Waals surface area contributed by atoms with Crippen molar-refractivity contribution in [3.8, 4) is 0 Å². The van der Waals surface area contributed by atoms with E-state index >= 15 is 0 Å². The third kappa shape index (κ3) is 4.54. The number of aromatic nitrogens is 2. The molecular formula is C28H29N3O4. The van der Waals surface area contributed by atoms with Gasteiger partial charge in [-0.3, -0.25) is 14.0 Å². The molecule has 0 bridgehead atoms. The van der Waals surface area contributed by atoms with Crippen molar-refractivity contribution in [3.05, 3.63) is 92.0 Å². The molecule has 0 saturated heterocycles. The van der Waals surface area contributed by atoms with Gasteiger partial charge in [0.25, 0.3) is 5.56 Å². The van der Waals surface area contributed by atoms with E-state index in [1.807, 2.05) is 52.0 Å². The SMILES string of the molecule is CCCN1/C(=C/C(=O)c2cc(C)cc(C)c2)C(C(=O)OCC)=Cc2c1nc1c(C)cccn1c2=O. The van der Waals surface area contributed by atoms with Gasteiger partial charge in [0.2, 0.25) is 0 Å². The number of anilines is 1. The normalized spacial score (nSPS) is 14.1. The zero-order chi connectivity index (χ0) is 25.3. The quantitative estimate of drug-likeness (QED) is 0.298. The molecule has 35 heavy (non-hydrogen) atoms. The predicted octanol–water partition coefficient (Wildman–Crippen LogP) is 4.56. The number of carbonyl (C=O) groups is 2. The van der Waals surface area contributed by atoms with Crippen molar-refractivity contribution in [3.63, 3.8) is 0 Å². The maximum absolute atomic E-state index is 13.4. The van der Waals surface area contributed by atoms with Crippen LogP contribution >= 0.6 is 0 Å². The molecule has 1 aliphatic heterocycles. The number of rotatable bonds is 6. The van der Waals surface area contributed by atoms with Gasteiger partial charge in [0, 0.05) is 24.4 Å². The summed E-state index contributed by atoms with van der Waals surface area (Å²) in [6.45, 7) is 10.1. The molecule has 0 radical (unpaired) electrons. The minimum atomic E-state index is -0.590. The lowest BCUT2D eigenvalue weighted by Crippen LogP contribution is -2.35. The number of hydrogen-bond donors (Lipinski definition) is 0. The van der Waals surface area contributed by atoms with Crippen LogP contribution in [0.5, 0.6) is 0 Å². The fraction of sp³-hybridized carbons (Fsp3) is 0.286. The van der Waals surface area contributed by atoms with Crippen LogP contribution in [0, 0.1) is 20.8 Å². The Bertz CT molecular complexity index is 1440. The number of aryl methyl sites for hydroxylation is 3. The van der Waals surface area contributed by atoms with Gasteiger partial charge in [0.15, 0.2) is 5.78 Å². The molecule has 1 aliphatic rings. The van der Waals surface area contributed by atoms with Crippen LogP contribution in [0.1, 0.15) is 52.9 Å². The minimum Gasteiger partial charge on any atom is -0.462 e. The molecule has 0 saturated carbocycles. The molecule has 0 atom stereocenters. The first-order valence-electron chi connectivity index (χ1n) is 11.8. The average molecular weight is 472 g/mol. The lowest BCUT2D eigenvalue weighted by molar-refractivity contribution is -0.138. The third-order valence-corrected chi connectivity index (χ3v) is 5.89. The maximum Gasteiger partial charge on any atom is 0.340 e. The lowest BCUT2D eigenvalue weighted by Gasteiger charge is -2.32. The highest BCUT2D eigenvalue weighted by Gasteiger charge is 2.32. The first-order valence-corrected chi connectivity index (χ1v) is 11.8. The molecule has 0 fully saturated rings. The van der Waals surface area contributed by atoms with Gasteiger partial charge in [-0.25, -0.2) is 9.78 Å². The lowest BCUT2D eigenvalue weighted by atomic mass is 9.98. The number of allylic oxidation sites excluding steroid dienone is 1. The number of nitrogens with zero attached hydrogens (tertiary/aromatic N) is 3. The van der Waals surface area contributed by atoms with E-state index in [0.29, 0.717) is 41.3 Å². The zero-order valence-electron chi connectivity index (χ0n) is 20.7. The van der Waals surface area contributed by atoms with E-state index in [1.54, 1.807) is 24.1 Å². The van der Waals surface area contributed by atoms with E-state index in [0.717, 1.165) is 16.7 Å². The summed E-state index contributed by atoms with van der Waals surface area (Å²) in [6.07, 6.45) is 5.33. The van der Waals surface area contributed by atoms with Gasteiger partial charge in [0.1, 0.15) is 11.5 Å². The highest BCUT2D eigenvalue weighted by Crippen LogP contribution is 2.34. The fourth-order valence-corrected chi connectivity index (χ4v) is 4.41. The first kappa shape index (κ1) is 24.1. The van der Waals surface area contributed by atoms with E-state index in [1.165, 1.54) is 16.6 Å². The molecule has 3 heterocycles. The number of fused-ring (bicyclic) bond motifs is 2. The number of hydrogen-bond acceptors (Lipinski definition) is 6. The number of esters is 1. The minimum absolute atomic E-state index is 0.164. The molecule has 0 N–H and O–H groups in total. The van der Waals surface area contributed by atoms with Crippen molar-refractivity contribution in [2.75, 3.05) is 18.1 Å². The highest BCUT2D eigenvalue weighted by atomic mass is 16.5. The fourth-order valence-electron chi connectivity index (χ4n) is 4.41. The van der Waals surface area contributed by atoms with Gasteiger partial charge < -0.3 is 9.64 Å². The van der Waals surface area contributed by atoms with Crippen molar-refractivity contribution in [2.24, 2.45) is 0 Å². The second-order valence-electron chi connectivity index (χ2n) is 8.74. The third-order valence-electron chi connectivity index (χ3n) is 5.89. The Morgan fingerprint density at radius 3 is 2.46 bits per heavy atom. The van der Waals surface area contributed by atoms with Gasteiger partial charge in [0.05, 0.1) is 23.4 Å². The zero-order valence-corrected chi connectivity index (χ0v) is 20.7. The van der Waals surface area contributed by atoms with Crippen LogP contribution in [-0.4, -0.2) is 34.3 Å². The summed E-state index contributed by atoms with van der Waals surface area (Å²) in [6, 6.07) is 9.32. The Kier molecular flexibility index (Phi) is 6.69. The summed E-state index contributed by atoms with van der Waals surface area (Å²) in [5, 5.41) is 0. The van der Waals surface area contributed by atoms with Gasteiger partial charge in [-0.05, 0) is 64.0 Å². The van der Waals surface area contributed by atoms with Crippen LogP contribution in [0.3, 0.4) is 0 Å². The molecule has 1 aromatic carbocycles. The van der Waals surface area contributed by atoms with E-state index in [-0.39, 0.29) is 23.5 Å². The molecular weight excluding hydrogens is 442 g/mol. The van der Waals surface area contributed by atoms with Crippen molar-refractivity contribution < 1.29 is 14.3 Å². The van der Waals surface area contributed by atoms with E-state index < -0.39 is 5.97 Å². The largest absolute Gasteiger partial charge is 0.462 e. The summed E-state index contributed by atoms with van der Waals surface area (Å²) in [4.78, 5) is 46.4. The monoisotopic (exact) mass is 471 g/mol. The number of pyridine rings is 1. The van der Waals surface area contributed by atoms with Crippen LogP contribution in [0.15, 0.2) is 58.7 Å².